The number of thioether (sulfide) groups is 1. The molecule has 0 radical (unpaired) electrons. The number of hydrogen-bond acceptors (Lipinski definition) is 4. The highest BCUT2D eigenvalue weighted by Crippen LogP contribution is 2.36. The number of carbonyl (C=O) groups excluding carboxylic acids is 1. The van der Waals surface area contributed by atoms with Crippen molar-refractivity contribution in [2.45, 2.75) is 29.1 Å². The molecule has 6 heteroatoms. The minimum absolute atomic E-state index is 0.247. The fourth-order valence-electron chi connectivity index (χ4n) is 1.78. The first-order chi connectivity index (χ1) is 8.90. The van der Waals surface area contributed by atoms with Gasteiger partial charge >= 0.3 is 5.97 Å². The molecule has 0 saturated carbocycles. The average Bonchev–Trinajstić information content (AvgIpc) is 2.79. The van der Waals surface area contributed by atoms with Gasteiger partial charge in [-0.2, -0.15) is 0 Å². The lowest BCUT2D eigenvalue weighted by Crippen LogP contribution is -2.48. The molecule has 3 N–H and O–H groups in total. The molecule has 1 aliphatic heterocycles. The van der Waals surface area contributed by atoms with E-state index in [1.54, 1.807) is 0 Å². The number of aliphatic carboxylic acids is 1. The second kappa shape index (κ2) is 5.22. The lowest BCUT2D eigenvalue weighted by atomic mass is 10.1. The highest BCUT2D eigenvalue weighted by Gasteiger charge is 2.33. The van der Waals surface area contributed by atoms with Gasteiger partial charge in [0.1, 0.15) is 0 Å². The number of carboxylic acid groups (broad SMARTS) is 1. The van der Waals surface area contributed by atoms with Crippen molar-refractivity contribution in [3.8, 4) is 0 Å². The van der Waals surface area contributed by atoms with Crippen LogP contribution in [0.4, 0.5) is 0 Å². The Labute approximate surface area is 115 Å². The molecule has 19 heavy (non-hydrogen) atoms. The minimum atomic E-state index is -1.94. The molecule has 1 aliphatic rings. The Bertz CT molecular complexity index is 490. The lowest BCUT2D eigenvalue weighted by Gasteiger charge is -2.19. The third kappa shape index (κ3) is 3.08. The fraction of sp³-hybridized carbons (Fsp3) is 0.385. The van der Waals surface area contributed by atoms with Gasteiger partial charge in [0.25, 0.3) is 0 Å². The van der Waals surface area contributed by atoms with E-state index in [1.807, 2.05) is 24.3 Å². The first-order valence-corrected chi connectivity index (χ1v) is 6.76. The fourth-order valence-corrected chi connectivity index (χ4v) is 3.00. The number of fused-ring (bicyclic) bond motifs is 1. The van der Waals surface area contributed by atoms with Gasteiger partial charge in [-0.25, -0.2) is 4.79 Å². The number of carboxylic acids is 1. The third-order valence-electron chi connectivity index (χ3n) is 3.01. The summed E-state index contributed by atoms with van der Waals surface area (Å²) in [5.41, 5.74) is -0.816. The largest absolute Gasteiger partial charge is 0.479 e. The monoisotopic (exact) mass is 281 g/mol. The van der Waals surface area contributed by atoms with Gasteiger partial charge in [0, 0.05) is 4.90 Å². The molecule has 1 heterocycles. The molecule has 0 spiro atoms. The number of rotatable bonds is 4. The van der Waals surface area contributed by atoms with Crippen LogP contribution in [0.5, 0.6) is 0 Å². The van der Waals surface area contributed by atoms with Crippen LogP contribution in [0.1, 0.15) is 12.5 Å². The summed E-state index contributed by atoms with van der Waals surface area (Å²) in [5, 5.41) is 20.5. The predicted molar refractivity (Wildman–Crippen MR) is 71.1 cm³/mol. The molecular formula is C13H15NO4S. The van der Waals surface area contributed by atoms with Gasteiger partial charge in [0.05, 0.1) is 11.8 Å². The first kappa shape index (κ1) is 13.9. The van der Waals surface area contributed by atoms with Crippen molar-refractivity contribution in [2.24, 2.45) is 0 Å². The number of amides is 1. The minimum Gasteiger partial charge on any atom is -0.479 e. The molecule has 0 bridgehead atoms. The number of nitrogens with one attached hydrogen (secondary N) is 1. The summed E-state index contributed by atoms with van der Waals surface area (Å²) in [6.45, 7) is 0.862. The molecule has 0 fully saturated rings. The molecule has 1 amide bonds. The molecule has 0 aromatic heterocycles. The van der Waals surface area contributed by atoms with Crippen molar-refractivity contribution in [2.75, 3.05) is 6.54 Å². The highest BCUT2D eigenvalue weighted by atomic mass is 32.2. The standard InChI is InChI=1S/C13H15NO4S/c1-13(18,12(16)17)7-14-11(15)10-6-8-4-2-3-5-9(8)19-10/h2-5,10,18H,6-7H2,1H3,(H,14,15)(H,16,17). The van der Waals surface area contributed by atoms with Gasteiger partial charge in [0.15, 0.2) is 5.60 Å². The Morgan fingerprint density at radius 1 is 1.47 bits per heavy atom. The normalized spacial score (nSPS) is 20.4. The summed E-state index contributed by atoms with van der Waals surface area (Å²) in [4.78, 5) is 23.8. The smallest absolute Gasteiger partial charge is 0.337 e. The van der Waals surface area contributed by atoms with Crippen molar-refractivity contribution < 1.29 is 19.8 Å². The van der Waals surface area contributed by atoms with Gasteiger partial charge in [0.2, 0.25) is 5.91 Å². The summed E-state index contributed by atoms with van der Waals surface area (Å²) < 4.78 is 0. The van der Waals surface area contributed by atoms with Crippen LogP contribution < -0.4 is 5.32 Å². The molecular weight excluding hydrogens is 266 g/mol. The number of benzene rings is 1. The van der Waals surface area contributed by atoms with E-state index in [2.05, 4.69) is 5.32 Å². The maximum atomic E-state index is 11.9. The van der Waals surface area contributed by atoms with Crippen LogP contribution >= 0.6 is 11.8 Å². The third-order valence-corrected chi connectivity index (χ3v) is 4.32. The van der Waals surface area contributed by atoms with Crippen LogP contribution in [0.2, 0.25) is 0 Å². The van der Waals surface area contributed by atoms with Crippen LogP contribution in [0.3, 0.4) is 0 Å². The molecule has 1 aromatic carbocycles. The predicted octanol–water partition coefficient (Wildman–Crippen LogP) is 0.655. The van der Waals surface area contributed by atoms with Crippen molar-refractivity contribution in [1.29, 1.82) is 0 Å². The van der Waals surface area contributed by atoms with Crippen LogP contribution in [0, 0.1) is 0 Å². The Morgan fingerprint density at radius 2 is 2.16 bits per heavy atom. The zero-order chi connectivity index (χ0) is 14.0. The lowest BCUT2D eigenvalue weighted by molar-refractivity contribution is -0.156. The van der Waals surface area contributed by atoms with Gasteiger partial charge < -0.3 is 15.5 Å². The molecule has 0 aliphatic carbocycles. The molecule has 2 atom stereocenters. The number of aliphatic hydroxyl groups is 1. The van der Waals surface area contributed by atoms with Crippen molar-refractivity contribution in [3.63, 3.8) is 0 Å². The topological polar surface area (TPSA) is 86.6 Å². The van der Waals surface area contributed by atoms with Gasteiger partial charge in [-0.15, -0.1) is 11.8 Å². The zero-order valence-electron chi connectivity index (χ0n) is 10.4. The van der Waals surface area contributed by atoms with Crippen LogP contribution in [0.15, 0.2) is 29.2 Å². The zero-order valence-corrected chi connectivity index (χ0v) is 11.2. The van der Waals surface area contributed by atoms with Crippen LogP contribution in [-0.2, 0) is 16.0 Å². The summed E-state index contributed by atoms with van der Waals surface area (Å²) >= 11 is 1.46. The van der Waals surface area contributed by atoms with Crippen LogP contribution in [0.25, 0.3) is 0 Å². The maximum Gasteiger partial charge on any atom is 0.337 e. The molecule has 2 unspecified atom stereocenters. The second-order valence-electron chi connectivity index (χ2n) is 4.72. The Kier molecular flexibility index (Phi) is 3.82. The van der Waals surface area contributed by atoms with E-state index in [0.717, 1.165) is 17.4 Å². The Balaban J connectivity index is 1.92. The Morgan fingerprint density at radius 3 is 2.79 bits per heavy atom. The van der Waals surface area contributed by atoms with E-state index in [-0.39, 0.29) is 17.7 Å². The molecule has 102 valence electrons. The van der Waals surface area contributed by atoms with E-state index in [9.17, 15) is 14.7 Å². The number of carbonyl (C=O) groups is 2. The SMILES string of the molecule is CC(O)(CNC(=O)C1Cc2ccccc2S1)C(=O)O. The van der Waals surface area contributed by atoms with E-state index in [1.165, 1.54) is 11.8 Å². The van der Waals surface area contributed by atoms with E-state index in [4.69, 9.17) is 5.11 Å². The number of hydrogen-bond donors (Lipinski definition) is 3. The van der Waals surface area contributed by atoms with Crippen molar-refractivity contribution >= 4 is 23.6 Å². The maximum absolute atomic E-state index is 11.9. The summed E-state index contributed by atoms with van der Waals surface area (Å²) in [6, 6.07) is 7.78. The van der Waals surface area contributed by atoms with Crippen molar-refractivity contribution in [3.05, 3.63) is 29.8 Å². The summed E-state index contributed by atoms with van der Waals surface area (Å²) in [6.07, 6.45) is 0.627. The summed E-state index contributed by atoms with van der Waals surface area (Å²) in [7, 11) is 0. The molecule has 0 saturated heterocycles. The van der Waals surface area contributed by atoms with Crippen molar-refractivity contribution in [1.82, 2.24) is 5.32 Å². The quantitative estimate of drug-likeness (QED) is 0.754. The van der Waals surface area contributed by atoms with E-state index in [0.29, 0.717) is 6.42 Å². The van der Waals surface area contributed by atoms with Gasteiger partial charge in [-0.3, -0.25) is 4.79 Å². The molecule has 1 aromatic rings. The first-order valence-electron chi connectivity index (χ1n) is 5.88. The van der Waals surface area contributed by atoms with E-state index >= 15 is 0 Å². The summed E-state index contributed by atoms with van der Waals surface area (Å²) in [5.74, 6) is -1.60. The van der Waals surface area contributed by atoms with Crippen LogP contribution in [-0.4, -0.2) is 39.5 Å². The molecule has 2 rings (SSSR count). The van der Waals surface area contributed by atoms with E-state index < -0.39 is 11.6 Å². The second-order valence-corrected chi connectivity index (χ2v) is 5.96. The highest BCUT2D eigenvalue weighted by molar-refractivity contribution is 8.01. The van der Waals surface area contributed by atoms with Gasteiger partial charge in [-0.1, -0.05) is 18.2 Å². The average molecular weight is 281 g/mol. The Hall–Kier alpha value is -1.53. The van der Waals surface area contributed by atoms with Gasteiger partial charge in [-0.05, 0) is 25.0 Å². The molecule has 5 nitrogen and oxygen atoms in total.